The molecule has 26 heavy (non-hydrogen) atoms. The first-order valence-corrected chi connectivity index (χ1v) is 9.11. The fraction of sp³-hybridized carbons (Fsp3) is 0.286. The number of benzene rings is 2. The van der Waals surface area contributed by atoms with Crippen molar-refractivity contribution < 1.29 is 4.79 Å². The molecule has 3 aromatic rings. The van der Waals surface area contributed by atoms with Crippen molar-refractivity contribution in [2.45, 2.75) is 25.8 Å². The zero-order chi connectivity index (χ0) is 17.9. The van der Waals surface area contributed by atoms with Crippen LogP contribution in [0.5, 0.6) is 0 Å². The van der Waals surface area contributed by atoms with Crippen LogP contribution in [-0.4, -0.2) is 39.9 Å². The number of anilines is 1. The number of fused-ring (bicyclic) bond motifs is 1. The van der Waals surface area contributed by atoms with E-state index in [4.69, 9.17) is 4.98 Å². The van der Waals surface area contributed by atoms with Gasteiger partial charge in [-0.2, -0.15) is 0 Å². The van der Waals surface area contributed by atoms with Gasteiger partial charge in [0.15, 0.2) is 0 Å². The van der Waals surface area contributed by atoms with Gasteiger partial charge >= 0.3 is 0 Å². The van der Waals surface area contributed by atoms with E-state index >= 15 is 0 Å². The number of carbonyl (C=O) groups excluding carboxylic acids is 1. The Labute approximate surface area is 153 Å². The Morgan fingerprint density at radius 3 is 2.69 bits per heavy atom. The van der Waals surface area contributed by atoms with Crippen molar-refractivity contribution in [3.8, 4) is 11.3 Å². The maximum atomic E-state index is 11.9. The fourth-order valence-electron chi connectivity index (χ4n) is 3.47. The molecule has 1 saturated heterocycles. The summed E-state index contributed by atoms with van der Waals surface area (Å²) in [7, 11) is 0. The highest BCUT2D eigenvalue weighted by Gasteiger charge is 2.26. The Bertz CT molecular complexity index is 926. The Morgan fingerprint density at radius 2 is 1.88 bits per heavy atom. The van der Waals surface area contributed by atoms with Crippen LogP contribution >= 0.6 is 0 Å². The number of carbonyl (C=O) groups is 1. The van der Waals surface area contributed by atoms with Crippen LogP contribution in [0.3, 0.4) is 0 Å². The number of para-hydroxylation sites is 1. The lowest BCUT2D eigenvalue weighted by atomic mass is 10.1. The van der Waals surface area contributed by atoms with Crippen LogP contribution in [0.2, 0.25) is 0 Å². The van der Waals surface area contributed by atoms with E-state index in [1.807, 2.05) is 48.2 Å². The summed E-state index contributed by atoms with van der Waals surface area (Å²) in [5.41, 5.74) is 2.92. The Balaban J connectivity index is 1.65. The van der Waals surface area contributed by atoms with Crippen LogP contribution in [0, 0.1) is 0 Å². The standard InChI is InChI=1S/C21H22N4O/c1-2-19(26)25-13-12-16(14-25)22-21-23-18-11-7-6-10-17(18)20(24-21)15-8-4-3-5-9-15/h3-11,16H,2,12-14H2,1H3,(H,22,23,24). The largest absolute Gasteiger partial charge is 0.350 e. The smallest absolute Gasteiger partial charge is 0.224 e. The van der Waals surface area contributed by atoms with Crippen molar-refractivity contribution in [1.82, 2.24) is 14.9 Å². The molecule has 2 heterocycles. The fourth-order valence-corrected chi connectivity index (χ4v) is 3.47. The quantitative estimate of drug-likeness (QED) is 0.782. The molecule has 1 unspecified atom stereocenters. The molecular formula is C21H22N4O. The van der Waals surface area contributed by atoms with Crippen molar-refractivity contribution in [1.29, 1.82) is 0 Å². The van der Waals surface area contributed by atoms with Gasteiger partial charge < -0.3 is 10.2 Å². The highest BCUT2D eigenvalue weighted by atomic mass is 16.2. The monoisotopic (exact) mass is 346 g/mol. The molecule has 4 rings (SSSR count). The topological polar surface area (TPSA) is 58.1 Å². The minimum absolute atomic E-state index is 0.190. The molecule has 1 atom stereocenters. The molecule has 0 spiro atoms. The van der Waals surface area contributed by atoms with E-state index in [0.29, 0.717) is 18.9 Å². The maximum Gasteiger partial charge on any atom is 0.224 e. The third kappa shape index (κ3) is 3.25. The van der Waals surface area contributed by atoms with Crippen LogP contribution in [-0.2, 0) is 4.79 Å². The normalized spacial score (nSPS) is 16.8. The van der Waals surface area contributed by atoms with Gasteiger partial charge in [0.05, 0.1) is 11.2 Å². The second-order valence-corrected chi connectivity index (χ2v) is 6.60. The van der Waals surface area contributed by atoms with Gasteiger partial charge in [-0.15, -0.1) is 0 Å². The zero-order valence-corrected chi connectivity index (χ0v) is 14.9. The number of amides is 1. The first kappa shape index (κ1) is 16.5. The summed E-state index contributed by atoms with van der Waals surface area (Å²) in [6, 6.07) is 18.4. The summed E-state index contributed by atoms with van der Waals surface area (Å²) in [5, 5.41) is 4.48. The molecule has 0 aliphatic carbocycles. The number of aromatic nitrogens is 2. The second kappa shape index (κ2) is 7.12. The summed E-state index contributed by atoms with van der Waals surface area (Å²) < 4.78 is 0. The van der Waals surface area contributed by atoms with Crippen molar-refractivity contribution in [3.63, 3.8) is 0 Å². The van der Waals surface area contributed by atoms with Gasteiger partial charge in [0.1, 0.15) is 0 Å². The summed E-state index contributed by atoms with van der Waals surface area (Å²) in [5.74, 6) is 0.831. The maximum absolute atomic E-state index is 11.9. The molecule has 1 aromatic heterocycles. The van der Waals surface area contributed by atoms with Gasteiger partial charge in [0, 0.05) is 36.5 Å². The molecule has 1 aliphatic rings. The van der Waals surface area contributed by atoms with Gasteiger partial charge in [-0.3, -0.25) is 4.79 Å². The number of hydrogen-bond donors (Lipinski definition) is 1. The van der Waals surface area contributed by atoms with Crippen LogP contribution in [0.4, 0.5) is 5.95 Å². The van der Waals surface area contributed by atoms with E-state index < -0.39 is 0 Å². The lowest BCUT2D eigenvalue weighted by molar-refractivity contribution is -0.129. The molecule has 2 aromatic carbocycles. The molecule has 1 aliphatic heterocycles. The van der Waals surface area contributed by atoms with Gasteiger partial charge in [-0.25, -0.2) is 9.97 Å². The number of nitrogens with one attached hydrogen (secondary N) is 1. The summed E-state index contributed by atoms with van der Waals surface area (Å²) >= 11 is 0. The molecule has 132 valence electrons. The zero-order valence-electron chi connectivity index (χ0n) is 14.9. The van der Waals surface area contributed by atoms with E-state index in [9.17, 15) is 4.79 Å². The molecular weight excluding hydrogens is 324 g/mol. The molecule has 0 radical (unpaired) electrons. The summed E-state index contributed by atoms with van der Waals surface area (Å²) in [6.45, 7) is 3.41. The Hall–Kier alpha value is -2.95. The van der Waals surface area contributed by atoms with Gasteiger partial charge in [0.25, 0.3) is 0 Å². The molecule has 0 bridgehead atoms. The van der Waals surface area contributed by atoms with Gasteiger partial charge in [0.2, 0.25) is 11.9 Å². The van der Waals surface area contributed by atoms with Crippen molar-refractivity contribution in [3.05, 3.63) is 54.6 Å². The number of likely N-dealkylation sites (tertiary alicyclic amines) is 1. The summed E-state index contributed by atoms with van der Waals surface area (Å²) in [4.78, 5) is 23.3. The van der Waals surface area contributed by atoms with E-state index in [1.165, 1.54) is 0 Å². The molecule has 0 saturated carbocycles. The Morgan fingerprint density at radius 1 is 1.12 bits per heavy atom. The van der Waals surface area contributed by atoms with E-state index in [-0.39, 0.29) is 11.9 Å². The SMILES string of the molecule is CCC(=O)N1CCC(Nc2nc(-c3ccccc3)c3ccccc3n2)C1. The van der Waals surface area contributed by atoms with Crippen molar-refractivity contribution in [2.75, 3.05) is 18.4 Å². The third-order valence-corrected chi connectivity index (χ3v) is 4.83. The molecule has 1 amide bonds. The molecule has 5 heteroatoms. The molecule has 1 fully saturated rings. The second-order valence-electron chi connectivity index (χ2n) is 6.60. The first-order valence-electron chi connectivity index (χ1n) is 9.11. The van der Waals surface area contributed by atoms with Crippen LogP contribution in [0.15, 0.2) is 54.6 Å². The predicted molar refractivity (Wildman–Crippen MR) is 104 cm³/mol. The number of nitrogens with zero attached hydrogens (tertiary/aromatic N) is 3. The molecule has 1 N–H and O–H groups in total. The Kier molecular flexibility index (Phi) is 4.52. The average Bonchev–Trinajstić information content (AvgIpc) is 3.16. The molecule has 5 nitrogen and oxygen atoms in total. The highest BCUT2D eigenvalue weighted by molar-refractivity contribution is 5.93. The third-order valence-electron chi connectivity index (χ3n) is 4.83. The van der Waals surface area contributed by atoms with Crippen molar-refractivity contribution in [2.24, 2.45) is 0 Å². The van der Waals surface area contributed by atoms with Crippen LogP contribution in [0.25, 0.3) is 22.2 Å². The van der Waals surface area contributed by atoms with E-state index in [2.05, 4.69) is 28.5 Å². The van der Waals surface area contributed by atoms with E-state index in [0.717, 1.165) is 35.1 Å². The highest BCUT2D eigenvalue weighted by Crippen LogP contribution is 2.27. The number of hydrogen-bond acceptors (Lipinski definition) is 4. The minimum Gasteiger partial charge on any atom is -0.350 e. The minimum atomic E-state index is 0.190. The van der Waals surface area contributed by atoms with Gasteiger partial charge in [-0.1, -0.05) is 55.5 Å². The lowest BCUT2D eigenvalue weighted by Gasteiger charge is -2.17. The predicted octanol–water partition coefficient (Wildman–Crippen LogP) is 3.72. The van der Waals surface area contributed by atoms with Gasteiger partial charge in [-0.05, 0) is 12.5 Å². The van der Waals surface area contributed by atoms with Crippen molar-refractivity contribution >= 4 is 22.8 Å². The summed E-state index contributed by atoms with van der Waals surface area (Å²) in [6.07, 6.45) is 1.47. The average molecular weight is 346 g/mol. The first-order chi connectivity index (χ1) is 12.7. The van der Waals surface area contributed by atoms with Crippen LogP contribution in [0.1, 0.15) is 19.8 Å². The lowest BCUT2D eigenvalue weighted by Crippen LogP contribution is -2.31. The van der Waals surface area contributed by atoms with E-state index in [1.54, 1.807) is 0 Å². The van der Waals surface area contributed by atoms with Crippen LogP contribution < -0.4 is 5.32 Å². The number of rotatable bonds is 4.